The highest BCUT2D eigenvalue weighted by Gasteiger charge is 2.29. The Hall–Kier alpha value is -2.09. The normalized spacial score (nSPS) is 14.6. The van der Waals surface area contributed by atoms with Crippen LogP contribution >= 0.6 is 0 Å². The molecule has 0 unspecified atom stereocenters. The number of benzene rings is 1. The Morgan fingerprint density at radius 3 is 2.68 bits per heavy atom. The average Bonchev–Trinajstić information content (AvgIpc) is 2.44. The van der Waals surface area contributed by atoms with Crippen molar-refractivity contribution in [2.45, 2.75) is 19.0 Å². The van der Waals surface area contributed by atoms with E-state index in [1.165, 1.54) is 4.90 Å². The van der Waals surface area contributed by atoms with Gasteiger partial charge in [0.25, 0.3) is 5.91 Å². The van der Waals surface area contributed by atoms with Crippen LogP contribution < -0.4 is 10.6 Å². The van der Waals surface area contributed by atoms with Crippen LogP contribution in [0.5, 0.6) is 0 Å². The molecular formula is C14H15F3N2O3. The summed E-state index contributed by atoms with van der Waals surface area (Å²) in [6.45, 7) is -1.77. The van der Waals surface area contributed by atoms with Crippen molar-refractivity contribution in [3.63, 3.8) is 0 Å². The quantitative estimate of drug-likeness (QED) is 0.918. The molecule has 2 amide bonds. The first-order valence-corrected chi connectivity index (χ1v) is 6.66. The predicted molar refractivity (Wildman–Crippen MR) is 72.5 cm³/mol. The number of hydrogen-bond acceptors (Lipinski definition) is 3. The number of carbonyl (C=O) groups is 2. The first-order chi connectivity index (χ1) is 10.3. The van der Waals surface area contributed by atoms with Gasteiger partial charge in [-0.1, -0.05) is 6.07 Å². The Morgan fingerprint density at radius 1 is 1.32 bits per heavy atom. The van der Waals surface area contributed by atoms with E-state index in [9.17, 15) is 22.8 Å². The number of rotatable bonds is 4. The third-order valence-electron chi connectivity index (χ3n) is 3.31. The van der Waals surface area contributed by atoms with Crippen LogP contribution in [0.25, 0.3) is 0 Å². The molecular weight excluding hydrogens is 301 g/mol. The van der Waals surface area contributed by atoms with Gasteiger partial charge in [0.2, 0.25) is 5.91 Å². The fourth-order valence-corrected chi connectivity index (χ4v) is 2.45. The molecule has 0 saturated heterocycles. The molecule has 22 heavy (non-hydrogen) atoms. The largest absolute Gasteiger partial charge is 0.411 e. The molecule has 2 N–H and O–H groups in total. The summed E-state index contributed by atoms with van der Waals surface area (Å²) in [6, 6.07) is 4.79. The topological polar surface area (TPSA) is 72.6 Å². The lowest BCUT2D eigenvalue weighted by atomic mass is 9.96. The van der Waals surface area contributed by atoms with Crippen molar-refractivity contribution in [3.05, 3.63) is 29.3 Å². The maximum atomic E-state index is 12.0. The molecule has 0 fully saturated rings. The van der Waals surface area contributed by atoms with E-state index in [4.69, 9.17) is 5.73 Å². The number of carbonyl (C=O) groups excluding carboxylic acids is 2. The minimum absolute atomic E-state index is 0.325. The van der Waals surface area contributed by atoms with Gasteiger partial charge >= 0.3 is 6.18 Å². The molecule has 1 heterocycles. The maximum Gasteiger partial charge on any atom is 0.411 e. The summed E-state index contributed by atoms with van der Waals surface area (Å²) < 4.78 is 40.5. The Balaban J connectivity index is 2.13. The summed E-state index contributed by atoms with van der Waals surface area (Å²) in [5, 5.41) is 0. The second-order valence-electron chi connectivity index (χ2n) is 4.92. The predicted octanol–water partition coefficient (Wildman–Crippen LogP) is 1.64. The van der Waals surface area contributed by atoms with Gasteiger partial charge < -0.3 is 15.4 Å². The standard InChI is InChI=1S/C14H15F3N2O3/c15-14(16,17)8-22-7-12(20)19-6-2-4-9-10(13(18)21)3-1-5-11(9)19/h1,3,5H,2,4,6-8H2,(H2,18,21). The minimum atomic E-state index is -4.47. The van der Waals surface area contributed by atoms with Crippen LogP contribution in [-0.4, -0.2) is 37.7 Å². The second-order valence-corrected chi connectivity index (χ2v) is 4.92. The molecule has 0 bridgehead atoms. The van der Waals surface area contributed by atoms with E-state index in [1.807, 2.05) is 0 Å². The Labute approximate surface area is 124 Å². The van der Waals surface area contributed by atoms with Crippen LogP contribution in [0.1, 0.15) is 22.3 Å². The monoisotopic (exact) mass is 316 g/mol. The van der Waals surface area contributed by atoms with Gasteiger partial charge in [0.1, 0.15) is 13.2 Å². The number of nitrogens with zero attached hydrogens (tertiary/aromatic N) is 1. The number of primary amides is 1. The molecule has 8 heteroatoms. The van der Waals surface area contributed by atoms with E-state index in [1.54, 1.807) is 18.2 Å². The average molecular weight is 316 g/mol. The van der Waals surface area contributed by atoms with E-state index in [0.717, 1.165) is 0 Å². The summed E-state index contributed by atoms with van der Waals surface area (Å²) in [7, 11) is 0. The first kappa shape index (κ1) is 16.3. The number of hydrogen-bond donors (Lipinski definition) is 1. The highest BCUT2D eigenvalue weighted by atomic mass is 19.4. The zero-order valence-corrected chi connectivity index (χ0v) is 11.7. The number of alkyl halides is 3. The van der Waals surface area contributed by atoms with E-state index < -0.39 is 31.2 Å². The lowest BCUT2D eigenvalue weighted by molar-refractivity contribution is -0.175. The van der Waals surface area contributed by atoms with E-state index in [-0.39, 0.29) is 0 Å². The van der Waals surface area contributed by atoms with Gasteiger partial charge in [0.05, 0.1) is 0 Å². The van der Waals surface area contributed by atoms with Gasteiger partial charge in [-0.2, -0.15) is 13.2 Å². The molecule has 0 aliphatic carbocycles. The second kappa shape index (κ2) is 6.35. The highest BCUT2D eigenvalue weighted by Crippen LogP contribution is 2.30. The van der Waals surface area contributed by atoms with Crippen molar-refractivity contribution < 1.29 is 27.5 Å². The number of amides is 2. The molecule has 0 radical (unpaired) electrons. The summed E-state index contributed by atoms with van der Waals surface area (Å²) in [5.41, 5.74) is 6.77. The summed E-state index contributed by atoms with van der Waals surface area (Å²) in [6.07, 6.45) is -3.29. The van der Waals surface area contributed by atoms with Crippen LogP contribution in [0.3, 0.4) is 0 Å². The summed E-state index contributed by atoms with van der Waals surface area (Å²) >= 11 is 0. The van der Waals surface area contributed by atoms with Gasteiger partial charge in [-0.3, -0.25) is 9.59 Å². The SMILES string of the molecule is NC(=O)c1cccc2c1CCCN2C(=O)COCC(F)(F)F. The molecule has 1 aromatic rings. The van der Waals surface area contributed by atoms with Crippen molar-refractivity contribution in [2.75, 3.05) is 24.7 Å². The molecule has 1 aromatic carbocycles. The molecule has 0 spiro atoms. The Kier molecular flexibility index (Phi) is 4.70. The zero-order chi connectivity index (χ0) is 16.3. The van der Waals surface area contributed by atoms with E-state index in [2.05, 4.69) is 4.74 Å². The first-order valence-electron chi connectivity index (χ1n) is 6.66. The summed E-state index contributed by atoms with van der Waals surface area (Å²) in [5.74, 6) is -1.17. The lowest BCUT2D eigenvalue weighted by Gasteiger charge is -2.30. The molecule has 5 nitrogen and oxygen atoms in total. The van der Waals surface area contributed by atoms with Crippen molar-refractivity contribution >= 4 is 17.5 Å². The van der Waals surface area contributed by atoms with Gasteiger partial charge in [0.15, 0.2) is 0 Å². The minimum Gasteiger partial charge on any atom is -0.366 e. The van der Waals surface area contributed by atoms with E-state index >= 15 is 0 Å². The number of nitrogens with two attached hydrogens (primary N) is 1. The van der Waals surface area contributed by atoms with Crippen LogP contribution in [0.4, 0.5) is 18.9 Å². The number of halogens is 3. The van der Waals surface area contributed by atoms with Crippen molar-refractivity contribution in [2.24, 2.45) is 5.73 Å². The highest BCUT2D eigenvalue weighted by molar-refractivity contribution is 6.00. The number of fused-ring (bicyclic) bond motifs is 1. The van der Waals surface area contributed by atoms with Crippen LogP contribution in [-0.2, 0) is 16.0 Å². The smallest absolute Gasteiger partial charge is 0.366 e. The van der Waals surface area contributed by atoms with Gasteiger partial charge in [-0.05, 0) is 30.5 Å². The Bertz CT molecular complexity index is 587. The molecule has 0 saturated carbocycles. The summed E-state index contributed by atoms with van der Waals surface area (Å²) in [4.78, 5) is 24.8. The molecule has 120 valence electrons. The zero-order valence-electron chi connectivity index (χ0n) is 11.7. The molecule has 2 rings (SSSR count). The van der Waals surface area contributed by atoms with Crippen molar-refractivity contribution in [3.8, 4) is 0 Å². The van der Waals surface area contributed by atoms with E-state index in [0.29, 0.717) is 36.2 Å². The van der Waals surface area contributed by atoms with Gasteiger partial charge in [-0.15, -0.1) is 0 Å². The van der Waals surface area contributed by atoms with Crippen LogP contribution in [0.2, 0.25) is 0 Å². The molecule has 1 aliphatic rings. The number of anilines is 1. The number of ether oxygens (including phenoxy) is 1. The maximum absolute atomic E-state index is 12.0. The van der Waals surface area contributed by atoms with Crippen molar-refractivity contribution in [1.82, 2.24) is 0 Å². The molecule has 0 aromatic heterocycles. The van der Waals surface area contributed by atoms with Crippen molar-refractivity contribution in [1.29, 1.82) is 0 Å². The van der Waals surface area contributed by atoms with Crippen LogP contribution in [0.15, 0.2) is 18.2 Å². The lowest BCUT2D eigenvalue weighted by Crippen LogP contribution is -2.39. The van der Waals surface area contributed by atoms with Gasteiger partial charge in [0, 0.05) is 17.8 Å². The fourth-order valence-electron chi connectivity index (χ4n) is 2.45. The third kappa shape index (κ3) is 3.76. The fraction of sp³-hybridized carbons (Fsp3) is 0.429. The molecule has 0 atom stereocenters. The molecule has 1 aliphatic heterocycles. The van der Waals surface area contributed by atoms with Gasteiger partial charge in [-0.25, -0.2) is 0 Å². The Morgan fingerprint density at radius 2 is 2.05 bits per heavy atom. The third-order valence-corrected chi connectivity index (χ3v) is 3.31. The van der Waals surface area contributed by atoms with Crippen LogP contribution in [0, 0.1) is 0 Å².